The summed E-state index contributed by atoms with van der Waals surface area (Å²) in [6.45, 7) is 5.93. The maximum atomic E-state index is 11.9. The molecule has 1 aromatic rings. The van der Waals surface area contributed by atoms with E-state index in [0.717, 1.165) is 39.0 Å². The van der Waals surface area contributed by atoms with Gasteiger partial charge in [0.1, 0.15) is 5.51 Å². The maximum absolute atomic E-state index is 11.9. The second-order valence-electron chi connectivity index (χ2n) is 6.08. The molecule has 22 heavy (non-hydrogen) atoms. The van der Waals surface area contributed by atoms with Gasteiger partial charge in [0.05, 0.1) is 12.6 Å². The van der Waals surface area contributed by atoms with Crippen molar-refractivity contribution >= 4 is 22.4 Å². The van der Waals surface area contributed by atoms with Gasteiger partial charge in [-0.25, -0.2) is 0 Å². The van der Waals surface area contributed by atoms with Crippen LogP contribution in [0.15, 0.2) is 5.51 Å². The summed E-state index contributed by atoms with van der Waals surface area (Å²) in [7, 11) is 1.97. The molecule has 1 fully saturated rings. The molecule has 0 saturated carbocycles. The highest BCUT2D eigenvalue weighted by atomic mass is 32.1. The zero-order valence-corrected chi connectivity index (χ0v) is 14.1. The molecule has 1 atom stereocenters. The van der Waals surface area contributed by atoms with Crippen LogP contribution in [0.1, 0.15) is 19.8 Å². The summed E-state index contributed by atoms with van der Waals surface area (Å²) in [4.78, 5) is 16.3. The Balaban J connectivity index is 1.65. The highest BCUT2D eigenvalue weighted by Crippen LogP contribution is 2.18. The van der Waals surface area contributed by atoms with Gasteiger partial charge in [-0.05, 0) is 45.8 Å². The maximum Gasteiger partial charge on any atom is 0.240 e. The fourth-order valence-electron chi connectivity index (χ4n) is 2.86. The number of anilines is 1. The molecule has 0 aliphatic carbocycles. The number of hydrogen-bond acceptors (Lipinski definition) is 7. The molecule has 0 bridgehead atoms. The molecule has 2 N–H and O–H groups in total. The van der Waals surface area contributed by atoms with E-state index in [1.54, 1.807) is 5.51 Å². The van der Waals surface area contributed by atoms with Crippen molar-refractivity contribution in [3.63, 3.8) is 0 Å². The van der Waals surface area contributed by atoms with E-state index in [2.05, 4.69) is 25.3 Å². The number of hydrogen-bond donors (Lipinski definition) is 2. The van der Waals surface area contributed by atoms with Crippen molar-refractivity contribution in [2.45, 2.75) is 25.9 Å². The minimum Gasteiger partial charge on any atom is -0.392 e. The number of β-amino-alcohol motifs (C(OH)–C–C–N with tert-alkyl or cyclic N) is 1. The molecular formula is C14H25N5O2S. The summed E-state index contributed by atoms with van der Waals surface area (Å²) in [6.07, 6.45) is 1.98. The molecule has 7 nitrogen and oxygen atoms in total. The lowest BCUT2D eigenvalue weighted by atomic mass is 9.96. The van der Waals surface area contributed by atoms with Crippen molar-refractivity contribution in [1.82, 2.24) is 20.0 Å². The van der Waals surface area contributed by atoms with E-state index in [4.69, 9.17) is 0 Å². The van der Waals surface area contributed by atoms with Gasteiger partial charge in [0.25, 0.3) is 0 Å². The summed E-state index contributed by atoms with van der Waals surface area (Å²) in [5, 5.41) is 20.2. The molecule has 1 aliphatic heterocycles. The number of nitrogens with one attached hydrogen (secondary N) is 1. The van der Waals surface area contributed by atoms with Gasteiger partial charge in [0.15, 0.2) is 0 Å². The van der Waals surface area contributed by atoms with Crippen molar-refractivity contribution < 1.29 is 9.90 Å². The average molecular weight is 327 g/mol. The third-order valence-electron chi connectivity index (χ3n) is 3.82. The van der Waals surface area contributed by atoms with Gasteiger partial charge in [-0.2, -0.15) is 0 Å². The number of carbonyl (C=O) groups excluding carboxylic acids is 1. The summed E-state index contributed by atoms with van der Waals surface area (Å²) in [5.74, 6) is 0.565. The predicted molar refractivity (Wildman–Crippen MR) is 86.9 cm³/mol. The number of aliphatic hydroxyl groups excluding tert-OH is 1. The average Bonchev–Trinajstić information content (AvgIpc) is 2.93. The number of nitrogens with zero attached hydrogens (tertiary/aromatic N) is 4. The van der Waals surface area contributed by atoms with Gasteiger partial charge in [-0.3, -0.25) is 15.0 Å². The standard InChI is InChI=1S/C14H25N5O2S/c1-11(20)7-19-5-3-12(4-6-19)8-18(2)9-13(21)16-14-17-15-10-22-14/h10-12,20H,3-9H2,1-2H3,(H,16,17,21). The first kappa shape index (κ1) is 17.3. The molecule has 0 aromatic carbocycles. The number of likely N-dealkylation sites (N-methyl/N-ethyl adjacent to an activating group) is 1. The quantitative estimate of drug-likeness (QED) is 0.759. The zero-order chi connectivity index (χ0) is 15.9. The lowest BCUT2D eigenvalue weighted by Gasteiger charge is -2.34. The van der Waals surface area contributed by atoms with Crippen molar-refractivity contribution in [2.75, 3.05) is 45.1 Å². The Morgan fingerprint density at radius 1 is 1.59 bits per heavy atom. The van der Waals surface area contributed by atoms with Crippen LogP contribution in [0.2, 0.25) is 0 Å². The lowest BCUT2D eigenvalue weighted by Crippen LogP contribution is -2.41. The second-order valence-corrected chi connectivity index (χ2v) is 6.92. The molecule has 0 spiro atoms. The summed E-state index contributed by atoms with van der Waals surface area (Å²) in [5.41, 5.74) is 1.60. The fraction of sp³-hybridized carbons (Fsp3) is 0.786. The van der Waals surface area contributed by atoms with Crippen LogP contribution in [0.3, 0.4) is 0 Å². The van der Waals surface area contributed by atoms with Crippen LogP contribution in [0, 0.1) is 5.92 Å². The lowest BCUT2D eigenvalue weighted by molar-refractivity contribution is -0.117. The van der Waals surface area contributed by atoms with E-state index in [1.165, 1.54) is 11.3 Å². The molecular weight excluding hydrogens is 302 g/mol. The molecule has 8 heteroatoms. The topological polar surface area (TPSA) is 81.6 Å². The van der Waals surface area contributed by atoms with E-state index < -0.39 is 0 Å². The smallest absolute Gasteiger partial charge is 0.240 e. The predicted octanol–water partition coefficient (Wildman–Crippen LogP) is 0.501. The second kappa shape index (κ2) is 8.52. The zero-order valence-electron chi connectivity index (χ0n) is 13.2. The summed E-state index contributed by atoms with van der Waals surface area (Å²) in [6, 6.07) is 0. The van der Waals surface area contributed by atoms with Crippen molar-refractivity contribution in [3.8, 4) is 0 Å². The third-order valence-corrected chi connectivity index (χ3v) is 4.43. The first-order chi connectivity index (χ1) is 10.5. The van der Waals surface area contributed by atoms with Crippen molar-refractivity contribution in [2.24, 2.45) is 5.92 Å². The van der Waals surface area contributed by atoms with Gasteiger partial charge in [-0.1, -0.05) is 11.3 Å². The van der Waals surface area contributed by atoms with Crippen LogP contribution >= 0.6 is 11.3 Å². The fourth-order valence-corrected chi connectivity index (χ4v) is 3.32. The number of piperidine rings is 1. The van der Waals surface area contributed by atoms with Crippen LogP contribution in [-0.2, 0) is 4.79 Å². The minimum absolute atomic E-state index is 0.0502. The first-order valence-electron chi connectivity index (χ1n) is 7.68. The number of amides is 1. The van der Waals surface area contributed by atoms with Gasteiger partial charge >= 0.3 is 0 Å². The van der Waals surface area contributed by atoms with E-state index in [0.29, 0.717) is 17.6 Å². The van der Waals surface area contributed by atoms with Gasteiger partial charge < -0.3 is 10.0 Å². The van der Waals surface area contributed by atoms with Crippen LogP contribution in [0.25, 0.3) is 0 Å². The van der Waals surface area contributed by atoms with Crippen LogP contribution < -0.4 is 5.32 Å². The Kier molecular flexibility index (Phi) is 6.69. The van der Waals surface area contributed by atoms with E-state index in [-0.39, 0.29) is 12.0 Å². The van der Waals surface area contributed by atoms with E-state index >= 15 is 0 Å². The molecule has 1 aliphatic rings. The highest BCUT2D eigenvalue weighted by molar-refractivity contribution is 7.13. The Hall–Kier alpha value is -1.09. The third kappa shape index (κ3) is 5.96. The van der Waals surface area contributed by atoms with Gasteiger partial charge in [0, 0.05) is 13.1 Å². The van der Waals surface area contributed by atoms with Crippen LogP contribution in [0.5, 0.6) is 0 Å². The molecule has 124 valence electrons. The minimum atomic E-state index is -0.261. The van der Waals surface area contributed by atoms with E-state index in [9.17, 15) is 9.90 Å². The largest absolute Gasteiger partial charge is 0.392 e. The number of aromatic nitrogens is 2. The molecule has 2 heterocycles. The Labute approximate surface area is 135 Å². The molecule has 1 aromatic heterocycles. The van der Waals surface area contributed by atoms with Crippen LogP contribution in [-0.4, -0.2) is 76.9 Å². The molecule has 2 rings (SSSR count). The summed E-state index contributed by atoms with van der Waals surface area (Å²) >= 11 is 1.32. The molecule has 0 radical (unpaired) electrons. The van der Waals surface area contributed by atoms with Gasteiger partial charge in [0.2, 0.25) is 11.0 Å². The Morgan fingerprint density at radius 3 is 2.91 bits per heavy atom. The summed E-state index contributed by atoms with van der Waals surface area (Å²) < 4.78 is 0. The molecule has 1 unspecified atom stereocenters. The number of aliphatic hydroxyl groups is 1. The molecule has 1 amide bonds. The highest BCUT2D eigenvalue weighted by Gasteiger charge is 2.21. The Morgan fingerprint density at radius 2 is 2.32 bits per heavy atom. The normalized spacial score (nSPS) is 18.5. The van der Waals surface area contributed by atoms with Crippen molar-refractivity contribution in [3.05, 3.63) is 5.51 Å². The number of carbonyl (C=O) groups is 1. The molecule has 1 saturated heterocycles. The van der Waals surface area contributed by atoms with Crippen molar-refractivity contribution in [1.29, 1.82) is 0 Å². The van der Waals surface area contributed by atoms with Gasteiger partial charge in [-0.15, -0.1) is 10.2 Å². The first-order valence-corrected chi connectivity index (χ1v) is 8.56. The Bertz CT molecular complexity index is 446. The SMILES string of the molecule is CC(O)CN1CCC(CN(C)CC(=O)Nc2nncs2)CC1. The van der Waals surface area contributed by atoms with Crippen LogP contribution in [0.4, 0.5) is 5.13 Å². The van der Waals surface area contributed by atoms with E-state index in [1.807, 2.05) is 14.0 Å². The monoisotopic (exact) mass is 327 g/mol. The number of rotatable bonds is 7. The number of likely N-dealkylation sites (tertiary alicyclic amines) is 1.